The number of benzene rings is 3. The standard InChI is InChI=1S/C37H35NO10/c1-4-34(39)45-24-8-6-22-43-29-14-10-27(11-15-29)26-33(38-3)37(42)48-32-20-18-31(19-21-32)47-36(41)28-12-16-30(17-13-28)44-23-7-9-25-46-35(40)5-2/h4-5,10-21,26H,1-2,6-9,22-25H2/b33-26-. The van der Waals surface area contributed by atoms with E-state index in [2.05, 4.69) is 18.0 Å². The van der Waals surface area contributed by atoms with Crippen LogP contribution in [0.5, 0.6) is 23.0 Å². The van der Waals surface area contributed by atoms with Gasteiger partial charge >= 0.3 is 23.9 Å². The predicted octanol–water partition coefficient (Wildman–Crippen LogP) is 6.55. The lowest BCUT2D eigenvalue weighted by Gasteiger charge is -2.09. The number of nitrogens with zero attached hydrogens (tertiary/aromatic N) is 1. The number of esters is 4. The highest BCUT2D eigenvalue weighted by atomic mass is 16.5. The van der Waals surface area contributed by atoms with Crippen molar-refractivity contribution in [2.75, 3.05) is 26.4 Å². The van der Waals surface area contributed by atoms with Crippen molar-refractivity contribution in [3.63, 3.8) is 0 Å². The van der Waals surface area contributed by atoms with Gasteiger partial charge in [-0.05, 0) is 98.0 Å². The molecule has 0 atom stereocenters. The maximum absolute atomic E-state index is 12.6. The van der Waals surface area contributed by atoms with Gasteiger partial charge in [-0.3, -0.25) is 4.79 Å². The van der Waals surface area contributed by atoms with E-state index in [-0.39, 0.29) is 23.8 Å². The zero-order valence-electron chi connectivity index (χ0n) is 26.3. The Balaban J connectivity index is 1.42. The summed E-state index contributed by atoms with van der Waals surface area (Å²) in [5.74, 6) is -0.755. The predicted molar refractivity (Wildman–Crippen MR) is 176 cm³/mol. The zero-order chi connectivity index (χ0) is 34.6. The summed E-state index contributed by atoms with van der Waals surface area (Å²) in [6, 6.07) is 19.1. The Hall–Kier alpha value is -6.15. The van der Waals surface area contributed by atoms with Crippen LogP contribution in [-0.2, 0) is 23.9 Å². The van der Waals surface area contributed by atoms with Crippen LogP contribution in [0.4, 0.5) is 0 Å². The van der Waals surface area contributed by atoms with Crippen LogP contribution < -0.4 is 18.9 Å². The lowest BCUT2D eigenvalue weighted by molar-refractivity contribution is -0.138. The molecule has 0 N–H and O–H groups in total. The Bertz CT molecular complexity index is 1620. The van der Waals surface area contributed by atoms with Crippen molar-refractivity contribution in [3.8, 4) is 23.0 Å². The van der Waals surface area contributed by atoms with Crippen LogP contribution in [0.3, 0.4) is 0 Å². The fourth-order valence-corrected chi connectivity index (χ4v) is 3.79. The van der Waals surface area contributed by atoms with Gasteiger partial charge in [-0.1, -0.05) is 25.3 Å². The summed E-state index contributed by atoms with van der Waals surface area (Å²) in [6.45, 7) is 15.5. The van der Waals surface area contributed by atoms with Crippen molar-refractivity contribution in [3.05, 3.63) is 126 Å². The zero-order valence-corrected chi connectivity index (χ0v) is 26.3. The summed E-state index contributed by atoms with van der Waals surface area (Å²) in [5, 5.41) is 0. The molecule has 11 nitrogen and oxygen atoms in total. The highest BCUT2D eigenvalue weighted by Crippen LogP contribution is 2.22. The summed E-state index contributed by atoms with van der Waals surface area (Å²) in [4.78, 5) is 50.6. The minimum absolute atomic E-state index is 0.165. The molecular weight excluding hydrogens is 618 g/mol. The molecule has 0 heterocycles. The van der Waals surface area contributed by atoms with Gasteiger partial charge < -0.3 is 28.4 Å². The second-order valence-electron chi connectivity index (χ2n) is 9.84. The second-order valence-corrected chi connectivity index (χ2v) is 9.84. The maximum atomic E-state index is 12.6. The van der Waals surface area contributed by atoms with Crippen LogP contribution in [0, 0.1) is 6.57 Å². The molecule has 0 unspecified atom stereocenters. The minimum atomic E-state index is -0.842. The third-order valence-corrected chi connectivity index (χ3v) is 6.28. The maximum Gasteiger partial charge on any atom is 0.343 e. The van der Waals surface area contributed by atoms with Crippen LogP contribution >= 0.6 is 0 Å². The molecule has 0 aliphatic rings. The van der Waals surface area contributed by atoms with Crippen molar-refractivity contribution in [2.45, 2.75) is 25.7 Å². The van der Waals surface area contributed by atoms with Crippen LogP contribution in [0.2, 0.25) is 0 Å². The summed E-state index contributed by atoms with van der Waals surface area (Å²) in [6.07, 6.45) is 6.30. The van der Waals surface area contributed by atoms with Gasteiger partial charge in [-0.25, -0.2) is 19.2 Å². The van der Waals surface area contributed by atoms with Crippen molar-refractivity contribution in [1.82, 2.24) is 0 Å². The molecule has 0 saturated heterocycles. The van der Waals surface area contributed by atoms with E-state index in [4.69, 9.17) is 35.0 Å². The lowest BCUT2D eigenvalue weighted by Crippen LogP contribution is -2.10. The number of unbranched alkanes of at least 4 members (excludes halogenated alkanes) is 2. The smallest absolute Gasteiger partial charge is 0.343 e. The Morgan fingerprint density at radius 2 is 1.04 bits per heavy atom. The third kappa shape index (κ3) is 13.1. The van der Waals surface area contributed by atoms with Gasteiger partial charge in [-0.2, -0.15) is 0 Å². The number of rotatable bonds is 19. The van der Waals surface area contributed by atoms with Gasteiger partial charge in [-0.15, -0.1) is 0 Å². The van der Waals surface area contributed by atoms with Crippen LogP contribution in [-0.4, -0.2) is 50.3 Å². The Morgan fingerprint density at radius 1 is 0.604 bits per heavy atom. The second kappa shape index (κ2) is 20.1. The van der Waals surface area contributed by atoms with E-state index in [0.717, 1.165) is 12.2 Å². The van der Waals surface area contributed by atoms with Gasteiger partial charge in [0.1, 0.15) is 23.0 Å². The molecule has 0 saturated carbocycles. The molecule has 248 valence electrons. The van der Waals surface area contributed by atoms with Crippen molar-refractivity contribution >= 4 is 30.0 Å². The summed E-state index contributed by atoms with van der Waals surface area (Å²) in [5.41, 5.74) is 0.686. The molecule has 3 rings (SSSR count). The van der Waals surface area contributed by atoms with E-state index in [9.17, 15) is 19.2 Å². The van der Waals surface area contributed by atoms with E-state index < -0.39 is 23.9 Å². The van der Waals surface area contributed by atoms with Crippen molar-refractivity contribution < 1.29 is 47.6 Å². The molecule has 11 heteroatoms. The fraction of sp³-hybridized carbons (Fsp3) is 0.216. The van der Waals surface area contributed by atoms with Crippen LogP contribution in [0.25, 0.3) is 10.9 Å². The first-order chi connectivity index (χ1) is 23.3. The molecule has 0 radical (unpaired) electrons. The van der Waals surface area contributed by atoms with E-state index in [0.29, 0.717) is 68.1 Å². The molecule has 0 fully saturated rings. The van der Waals surface area contributed by atoms with E-state index in [1.165, 1.54) is 30.3 Å². The van der Waals surface area contributed by atoms with Crippen molar-refractivity contribution in [2.24, 2.45) is 0 Å². The molecule has 0 aromatic heterocycles. The SMILES string of the molecule is [C-]#[N+]/C(=C\c1ccc(OCCCCOC(=O)C=C)cc1)C(=O)Oc1ccc(OC(=O)c2ccc(OCCCCOC(=O)C=C)cc2)cc1. The monoisotopic (exact) mass is 653 g/mol. The van der Waals surface area contributed by atoms with E-state index in [1.54, 1.807) is 48.5 Å². The molecule has 0 bridgehead atoms. The summed E-state index contributed by atoms with van der Waals surface area (Å²) in [7, 11) is 0. The Labute approximate surface area is 278 Å². The molecule has 48 heavy (non-hydrogen) atoms. The van der Waals surface area contributed by atoms with E-state index in [1.807, 2.05) is 0 Å². The van der Waals surface area contributed by atoms with Gasteiger partial charge in [0.05, 0.1) is 38.6 Å². The Morgan fingerprint density at radius 3 is 1.52 bits per heavy atom. The molecule has 3 aromatic carbocycles. The van der Waals surface area contributed by atoms with Gasteiger partial charge in [0.15, 0.2) is 0 Å². The first-order valence-electron chi connectivity index (χ1n) is 15.0. The van der Waals surface area contributed by atoms with E-state index >= 15 is 0 Å². The first-order valence-corrected chi connectivity index (χ1v) is 15.0. The summed E-state index contributed by atoms with van der Waals surface area (Å²) < 4.78 is 31.9. The average Bonchev–Trinajstić information content (AvgIpc) is 3.11. The first kappa shape index (κ1) is 36.3. The molecular formula is C37H35NO10. The molecule has 0 aliphatic carbocycles. The van der Waals surface area contributed by atoms with Gasteiger partial charge in [0, 0.05) is 12.2 Å². The number of carbonyl (C=O) groups excluding carboxylic acids is 4. The normalized spacial score (nSPS) is 10.5. The topological polar surface area (TPSA) is 128 Å². The minimum Gasteiger partial charge on any atom is -0.494 e. The number of carbonyl (C=O) groups is 4. The molecule has 3 aromatic rings. The highest BCUT2D eigenvalue weighted by molar-refractivity contribution is 5.97. The third-order valence-electron chi connectivity index (χ3n) is 6.28. The number of ether oxygens (including phenoxy) is 6. The fourth-order valence-electron chi connectivity index (χ4n) is 3.79. The average molecular weight is 654 g/mol. The number of hydrogen-bond donors (Lipinski definition) is 0. The van der Waals surface area contributed by atoms with Gasteiger partial charge in [0.25, 0.3) is 5.70 Å². The largest absolute Gasteiger partial charge is 0.494 e. The molecule has 0 amide bonds. The molecule has 0 spiro atoms. The number of hydrogen-bond acceptors (Lipinski definition) is 10. The summed E-state index contributed by atoms with van der Waals surface area (Å²) >= 11 is 0. The lowest BCUT2D eigenvalue weighted by atomic mass is 10.2. The molecule has 0 aliphatic heterocycles. The van der Waals surface area contributed by atoms with Crippen molar-refractivity contribution in [1.29, 1.82) is 0 Å². The van der Waals surface area contributed by atoms with Crippen LogP contribution in [0.15, 0.2) is 104 Å². The van der Waals surface area contributed by atoms with Crippen LogP contribution in [0.1, 0.15) is 41.6 Å². The Kier molecular flexibility index (Phi) is 15.2. The quantitative estimate of drug-likeness (QED) is 0.0462. The van der Waals surface area contributed by atoms with Gasteiger partial charge in [0.2, 0.25) is 0 Å². The highest BCUT2D eigenvalue weighted by Gasteiger charge is 2.14.